The van der Waals surface area contributed by atoms with Crippen LogP contribution in [-0.2, 0) is 0 Å². The number of thiazole rings is 1. The summed E-state index contributed by atoms with van der Waals surface area (Å²) in [6.07, 6.45) is 0. The molecule has 0 N–H and O–H groups in total. The van der Waals surface area contributed by atoms with Gasteiger partial charge in [0.25, 0.3) is 5.91 Å². The molecule has 1 aliphatic heterocycles. The molecule has 110 valence electrons. The van der Waals surface area contributed by atoms with Crippen molar-refractivity contribution in [1.82, 2.24) is 9.88 Å². The molecule has 4 nitrogen and oxygen atoms in total. The van der Waals surface area contributed by atoms with Crippen LogP contribution in [0.4, 0.5) is 5.69 Å². The fourth-order valence-corrected chi connectivity index (χ4v) is 3.22. The molecule has 1 aromatic carbocycles. The molecule has 1 aliphatic rings. The van der Waals surface area contributed by atoms with Crippen LogP contribution in [0.25, 0.3) is 0 Å². The number of anilines is 1. The first-order chi connectivity index (χ1) is 10.1. The highest BCUT2D eigenvalue weighted by molar-refractivity contribution is 7.09. The lowest BCUT2D eigenvalue weighted by Gasteiger charge is -2.36. The Balaban J connectivity index is 1.65. The number of piperazine rings is 1. The fraction of sp³-hybridized carbons (Fsp3) is 0.375. The average molecular weight is 301 g/mol. The van der Waals surface area contributed by atoms with Crippen LogP contribution < -0.4 is 4.90 Å². The van der Waals surface area contributed by atoms with Gasteiger partial charge in [-0.25, -0.2) is 4.98 Å². The number of aromatic nitrogens is 1. The van der Waals surface area contributed by atoms with E-state index < -0.39 is 0 Å². The Morgan fingerprint density at radius 3 is 2.57 bits per heavy atom. The summed E-state index contributed by atoms with van der Waals surface area (Å²) in [7, 11) is 0. The number of benzene rings is 1. The normalized spacial score (nSPS) is 15.3. The second-order valence-corrected chi connectivity index (χ2v) is 6.43. The zero-order valence-corrected chi connectivity index (χ0v) is 13.2. The van der Waals surface area contributed by atoms with Gasteiger partial charge in [-0.15, -0.1) is 11.3 Å². The van der Waals surface area contributed by atoms with Crippen LogP contribution >= 0.6 is 11.3 Å². The first kappa shape index (κ1) is 14.1. The number of nitrogens with zero attached hydrogens (tertiary/aromatic N) is 3. The molecule has 0 aliphatic carbocycles. The number of carbonyl (C=O) groups is 1. The van der Waals surface area contributed by atoms with Crippen LogP contribution in [0.5, 0.6) is 0 Å². The Morgan fingerprint density at radius 2 is 1.95 bits per heavy atom. The second kappa shape index (κ2) is 5.85. The van der Waals surface area contributed by atoms with Gasteiger partial charge in [0.2, 0.25) is 0 Å². The van der Waals surface area contributed by atoms with Crippen LogP contribution in [0, 0.1) is 13.8 Å². The molecule has 0 atom stereocenters. The van der Waals surface area contributed by atoms with Crippen molar-refractivity contribution in [3.8, 4) is 0 Å². The molecule has 2 aromatic rings. The molecule has 1 amide bonds. The molecule has 0 unspecified atom stereocenters. The van der Waals surface area contributed by atoms with E-state index in [1.54, 1.807) is 5.51 Å². The lowest BCUT2D eigenvalue weighted by atomic mass is 10.2. The molecule has 5 heteroatoms. The fourth-order valence-electron chi connectivity index (χ4n) is 2.65. The zero-order valence-electron chi connectivity index (χ0n) is 12.4. The van der Waals surface area contributed by atoms with Crippen LogP contribution in [0.15, 0.2) is 29.8 Å². The molecular formula is C16H19N3OS. The molecule has 0 spiro atoms. The van der Waals surface area contributed by atoms with Crippen LogP contribution in [0.2, 0.25) is 0 Å². The predicted octanol–water partition coefficient (Wildman–Crippen LogP) is 2.72. The molecule has 1 fully saturated rings. The summed E-state index contributed by atoms with van der Waals surface area (Å²) in [4.78, 5) is 21.9. The molecule has 0 saturated carbocycles. The van der Waals surface area contributed by atoms with Crippen molar-refractivity contribution in [2.45, 2.75) is 13.8 Å². The quantitative estimate of drug-likeness (QED) is 0.856. The highest BCUT2D eigenvalue weighted by Crippen LogP contribution is 2.19. The summed E-state index contributed by atoms with van der Waals surface area (Å²) >= 11 is 1.53. The van der Waals surface area contributed by atoms with Gasteiger partial charge in [-0.2, -0.15) is 0 Å². The van der Waals surface area contributed by atoms with E-state index in [9.17, 15) is 4.79 Å². The maximum atomic E-state index is 12.4. The van der Waals surface area contributed by atoms with E-state index in [4.69, 9.17) is 0 Å². The first-order valence-electron chi connectivity index (χ1n) is 7.16. The van der Waals surface area contributed by atoms with Crippen molar-refractivity contribution in [3.63, 3.8) is 0 Å². The van der Waals surface area contributed by atoms with Crippen LogP contribution in [0.3, 0.4) is 0 Å². The second-order valence-electron chi connectivity index (χ2n) is 5.38. The summed E-state index contributed by atoms with van der Waals surface area (Å²) in [5.74, 6) is 0.0673. The van der Waals surface area contributed by atoms with Gasteiger partial charge in [0.15, 0.2) is 0 Å². The smallest absolute Gasteiger partial charge is 0.273 e. The number of hydrogen-bond acceptors (Lipinski definition) is 4. The third kappa shape index (κ3) is 2.93. The third-order valence-electron chi connectivity index (χ3n) is 3.88. The molecule has 1 saturated heterocycles. The lowest BCUT2D eigenvalue weighted by molar-refractivity contribution is 0.0741. The van der Waals surface area contributed by atoms with E-state index in [1.165, 1.54) is 22.6 Å². The largest absolute Gasteiger partial charge is 0.368 e. The molecular weight excluding hydrogens is 282 g/mol. The number of carbonyl (C=O) groups excluding carboxylic acids is 1. The van der Waals surface area contributed by atoms with Crippen molar-refractivity contribution in [2.75, 3.05) is 31.1 Å². The number of hydrogen-bond donors (Lipinski definition) is 0. The first-order valence-corrected chi connectivity index (χ1v) is 8.04. The van der Waals surface area contributed by atoms with E-state index >= 15 is 0 Å². The van der Waals surface area contributed by atoms with E-state index in [0.717, 1.165) is 31.1 Å². The topological polar surface area (TPSA) is 36.4 Å². The minimum Gasteiger partial charge on any atom is -0.368 e. The molecule has 21 heavy (non-hydrogen) atoms. The molecule has 2 heterocycles. The monoisotopic (exact) mass is 301 g/mol. The molecule has 0 bridgehead atoms. The van der Waals surface area contributed by atoms with Crippen molar-refractivity contribution in [2.24, 2.45) is 0 Å². The Kier molecular flexibility index (Phi) is 3.92. The zero-order chi connectivity index (χ0) is 14.8. The number of rotatable bonds is 2. The van der Waals surface area contributed by atoms with Gasteiger partial charge in [0.1, 0.15) is 5.69 Å². The third-order valence-corrected chi connectivity index (χ3v) is 4.64. The SMILES string of the molecule is Cc1cccc(N2CCN(C(=O)c3ncsc3C)CC2)c1. The van der Waals surface area contributed by atoms with E-state index in [-0.39, 0.29) is 5.91 Å². The molecule has 1 aromatic heterocycles. The number of aryl methyl sites for hydroxylation is 2. The van der Waals surface area contributed by atoms with Gasteiger partial charge < -0.3 is 9.80 Å². The van der Waals surface area contributed by atoms with Gasteiger partial charge in [0.05, 0.1) is 5.51 Å². The Bertz CT molecular complexity index is 644. The molecule has 0 radical (unpaired) electrons. The average Bonchev–Trinajstić information content (AvgIpc) is 2.93. The summed E-state index contributed by atoms with van der Waals surface area (Å²) in [6, 6.07) is 8.52. The summed E-state index contributed by atoms with van der Waals surface area (Å²) in [6.45, 7) is 7.31. The number of amides is 1. The van der Waals surface area contributed by atoms with Gasteiger partial charge in [-0.05, 0) is 31.5 Å². The maximum Gasteiger partial charge on any atom is 0.273 e. The van der Waals surface area contributed by atoms with E-state index in [0.29, 0.717) is 5.69 Å². The van der Waals surface area contributed by atoms with E-state index in [1.807, 2.05) is 11.8 Å². The predicted molar refractivity (Wildman–Crippen MR) is 86.1 cm³/mol. The van der Waals surface area contributed by atoms with Gasteiger partial charge in [0, 0.05) is 36.7 Å². The minimum atomic E-state index is 0.0673. The Labute approximate surface area is 129 Å². The van der Waals surface area contributed by atoms with Crippen molar-refractivity contribution >= 4 is 22.9 Å². The summed E-state index contributed by atoms with van der Waals surface area (Å²) in [5.41, 5.74) is 4.87. The standard InChI is InChI=1S/C16H19N3OS/c1-12-4-3-5-14(10-12)18-6-8-19(9-7-18)16(20)15-13(2)21-11-17-15/h3-5,10-11H,6-9H2,1-2H3. The Morgan fingerprint density at radius 1 is 1.19 bits per heavy atom. The van der Waals surface area contributed by atoms with Gasteiger partial charge >= 0.3 is 0 Å². The Hall–Kier alpha value is -1.88. The van der Waals surface area contributed by atoms with Crippen LogP contribution in [0.1, 0.15) is 20.9 Å². The maximum absolute atomic E-state index is 12.4. The van der Waals surface area contributed by atoms with Gasteiger partial charge in [-0.1, -0.05) is 12.1 Å². The van der Waals surface area contributed by atoms with Crippen molar-refractivity contribution in [1.29, 1.82) is 0 Å². The summed E-state index contributed by atoms with van der Waals surface area (Å²) < 4.78 is 0. The van der Waals surface area contributed by atoms with E-state index in [2.05, 4.69) is 41.1 Å². The molecule has 3 rings (SSSR count). The highest BCUT2D eigenvalue weighted by atomic mass is 32.1. The summed E-state index contributed by atoms with van der Waals surface area (Å²) in [5, 5.41) is 0. The van der Waals surface area contributed by atoms with Crippen molar-refractivity contribution in [3.05, 3.63) is 45.9 Å². The highest BCUT2D eigenvalue weighted by Gasteiger charge is 2.24. The van der Waals surface area contributed by atoms with Gasteiger partial charge in [-0.3, -0.25) is 4.79 Å². The van der Waals surface area contributed by atoms with Crippen molar-refractivity contribution < 1.29 is 4.79 Å². The van der Waals surface area contributed by atoms with Crippen LogP contribution in [-0.4, -0.2) is 42.0 Å². The minimum absolute atomic E-state index is 0.0673. The lowest BCUT2D eigenvalue weighted by Crippen LogP contribution is -2.49.